The van der Waals surface area contributed by atoms with Gasteiger partial charge in [0.2, 0.25) is 0 Å². The topological polar surface area (TPSA) is 35.6 Å². The molecule has 1 amide bonds. The maximum atomic E-state index is 13.3. The summed E-state index contributed by atoms with van der Waals surface area (Å²) in [7, 11) is 3.92. The lowest BCUT2D eigenvalue weighted by Gasteiger charge is -2.32. The van der Waals surface area contributed by atoms with Crippen LogP contribution in [0.3, 0.4) is 0 Å². The fourth-order valence-electron chi connectivity index (χ4n) is 3.31. The highest BCUT2D eigenvalue weighted by Gasteiger charge is 2.21. The van der Waals surface area contributed by atoms with Crippen LogP contribution in [0.15, 0.2) is 42.5 Å². The third-order valence-electron chi connectivity index (χ3n) is 4.96. The first-order valence-corrected chi connectivity index (χ1v) is 9.17. The normalized spacial score (nSPS) is 15.6. The molecule has 0 spiro atoms. The smallest absolute Gasteiger partial charge is 0.251 e. The number of nitrogens with zero attached hydrogens (tertiary/aromatic N) is 2. The lowest BCUT2D eigenvalue weighted by molar-refractivity contribution is 0.0909. The van der Waals surface area contributed by atoms with Gasteiger partial charge in [0.05, 0.1) is 0 Å². The summed E-state index contributed by atoms with van der Waals surface area (Å²) < 4.78 is 26.3. The second-order valence-electron chi connectivity index (χ2n) is 7.21. The highest BCUT2D eigenvalue weighted by Crippen LogP contribution is 2.17. The van der Waals surface area contributed by atoms with Crippen LogP contribution in [-0.2, 0) is 6.54 Å². The van der Waals surface area contributed by atoms with Crippen LogP contribution in [0.1, 0.15) is 28.8 Å². The number of likely N-dealkylation sites (tertiary alicyclic amines) is 1. The molecule has 0 aliphatic carbocycles. The minimum atomic E-state index is -0.821. The Morgan fingerprint density at radius 1 is 1.07 bits per heavy atom. The van der Waals surface area contributed by atoms with E-state index >= 15 is 0 Å². The van der Waals surface area contributed by atoms with Crippen molar-refractivity contribution in [1.29, 1.82) is 0 Å². The van der Waals surface area contributed by atoms with Crippen LogP contribution in [0.25, 0.3) is 0 Å². The molecule has 1 fully saturated rings. The Morgan fingerprint density at radius 3 is 2.33 bits per heavy atom. The van der Waals surface area contributed by atoms with Gasteiger partial charge in [-0.1, -0.05) is 6.07 Å². The molecule has 3 rings (SSSR count). The van der Waals surface area contributed by atoms with Crippen molar-refractivity contribution in [2.45, 2.75) is 25.4 Å². The molecule has 1 saturated heterocycles. The van der Waals surface area contributed by atoms with Crippen LogP contribution in [0.2, 0.25) is 0 Å². The molecule has 0 aromatic heterocycles. The second kappa shape index (κ2) is 8.48. The van der Waals surface area contributed by atoms with E-state index in [-0.39, 0.29) is 11.9 Å². The fraction of sp³-hybridized carbons (Fsp3) is 0.381. The summed E-state index contributed by atoms with van der Waals surface area (Å²) in [6.45, 7) is 2.21. The average molecular weight is 373 g/mol. The summed E-state index contributed by atoms with van der Waals surface area (Å²) in [4.78, 5) is 16.6. The third-order valence-corrected chi connectivity index (χ3v) is 4.96. The van der Waals surface area contributed by atoms with Crippen LogP contribution in [0.4, 0.5) is 14.5 Å². The summed E-state index contributed by atoms with van der Waals surface area (Å²) in [6, 6.07) is 11.7. The fourth-order valence-corrected chi connectivity index (χ4v) is 3.31. The highest BCUT2D eigenvalue weighted by molar-refractivity contribution is 5.94. The number of rotatable bonds is 5. The molecule has 2 aromatic rings. The number of carbonyl (C=O) groups excluding carboxylic acids is 1. The number of piperidine rings is 1. The Balaban J connectivity index is 1.48. The number of nitrogens with one attached hydrogen (secondary N) is 1. The van der Waals surface area contributed by atoms with Gasteiger partial charge in [-0.25, -0.2) is 8.78 Å². The third kappa shape index (κ3) is 5.04. The summed E-state index contributed by atoms with van der Waals surface area (Å²) in [5.41, 5.74) is 2.47. The molecule has 0 radical (unpaired) electrons. The molecule has 0 unspecified atom stereocenters. The number of carbonyl (C=O) groups is 1. The van der Waals surface area contributed by atoms with Gasteiger partial charge in [-0.15, -0.1) is 0 Å². The minimum Gasteiger partial charge on any atom is -0.378 e. The molecule has 0 saturated carbocycles. The lowest BCUT2D eigenvalue weighted by Crippen LogP contribution is -2.44. The van der Waals surface area contributed by atoms with Crippen LogP contribution < -0.4 is 10.2 Å². The molecule has 144 valence electrons. The Kier molecular flexibility index (Phi) is 6.06. The van der Waals surface area contributed by atoms with Gasteiger partial charge in [-0.2, -0.15) is 0 Å². The zero-order chi connectivity index (χ0) is 19.4. The summed E-state index contributed by atoms with van der Waals surface area (Å²) >= 11 is 0. The molecule has 1 heterocycles. The van der Waals surface area contributed by atoms with Crippen LogP contribution in [0, 0.1) is 11.6 Å². The van der Waals surface area contributed by atoms with Crippen molar-refractivity contribution in [1.82, 2.24) is 10.2 Å². The molecule has 0 atom stereocenters. The molecule has 1 aliphatic heterocycles. The SMILES string of the molecule is CN(C)c1ccc(C(=O)NC2CCN(Cc3ccc(F)c(F)c3)CC2)cc1. The molecular weight excluding hydrogens is 348 g/mol. The van der Waals surface area contributed by atoms with Crippen molar-refractivity contribution in [3.05, 3.63) is 65.2 Å². The van der Waals surface area contributed by atoms with Crippen molar-refractivity contribution in [3.8, 4) is 0 Å². The molecule has 1 aliphatic rings. The molecule has 6 heteroatoms. The van der Waals surface area contributed by atoms with Crippen LogP contribution >= 0.6 is 0 Å². The molecule has 2 aromatic carbocycles. The number of amides is 1. The van der Waals surface area contributed by atoms with Crippen molar-refractivity contribution >= 4 is 11.6 Å². The van der Waals surface area contributed by atoms with E-state index in [9.17, 15) is 13.6 Å². The quantitative estimate of drug-likeness (QED) is 0.872. The van der Waals surface area contributed by atoms with Crippen LogP contribution in [0.5, 0.6) is 0 Å². The van der Waals surface area contributed by atoms with Crippen molar-refractivity contribution < 1.29 is 13.6 Å². The van der Waals surface area contributed by atoms with E-state index < -0.39 is 11.6 Å². The maximum absolute atomic E-state index is 13.3. The van der Waals surface area contributed by atoms with Crippen molar-refractivity contribution in [2.24, 2.45) is 0 Å². The van der Waals surface area contributed by atoms with E-state index in [0.717, 1.165) is 37.2 Å². The summed E-state index contributed by atoms with van der Waals surface area (Å²) in [5.74, 6) is -1.69. The van der Waals surface area contributed by atoms with Gasteiger partial charge < -0.3 is 10.2 Å². The molecule has 1 N–H and O–H groups in total. The predicted octanol–water partition coefficient (Wildman–Crippen LogP) is 3.43. The predicted molar refractivity (Wildman–Crippen MR) is 103 cm³/mol. The average Bonchev–Trinajstić information content (AvgIpc) is 2.66. The first kappa shape index (κ1) is 19.3. The Hall–Kier alpha value is -2.47. The standard InChI is InChI=1S/C21H25F2N3O/c1-25(2)18-6-4-16(5-7-18)21(27)24-17-9-11-26(12-10-17)14-15-3-8-19(22)20(23)13-15/h3-8,13,17H,9-12,14H2,1-2H3,(H,24,27). The van der Waals surface area contributed by atoms with Gasteiger partial charge in [0, 0.05) is 51.0 Å². The van der Waals surface area contributed by atoms with Gasteiger partial charge in [0.25, 0.3) is 5.91 Å². The number of hydrogen-bond acceptors (Lipinski definition) is 3. The first-order chi connectivity index (χ1) is 12.9. The van der Waals surface area contributed by atoms with Crippen LogP contribution in [-0.4, -0.2) is 44.0 Å². The number of hydrogen-bond donors (Lipinski definition) is 1. The number of anilines is 1. The molecule has 4 nitrogen and oxygen atoms in total. The van der Waals surface area contributed by atoms with E-state index in [1.807, 2.05) is 43.3 Å². The number of benzene rings is 2. The molecular formula is C21H25F2N3O. The van der Waals surface area contributed by atoms with Crippen molar-refractivity contribution in [3.63, 3.8) is 0 Å². The van der Waals surface area contributed by atoms with E-state index in [4.69, 9.17) is 0 Å². The lowest BCUT2D eigenvalue weighted by atomic mass is 10.0. The van der Waals surface area contributed by atoms with Gasteiger partial charge >= 0.3 is 0 Å². The maximum Gasteiger partial charge on any atom is 0.251 e. The van der Waals surface area contributed by atoms with Gasteiger partial charge in [-0.3, -0.25) is 9.69 Å². The summed E-state index contributed by atoms with van der Waals surface area (Å²) in [6.07, 6.45) is 1.68. The Labute approximate surface area is 158 Å². The number of halogens is 2. The van der Waals surface area contributed by atoms with E-state index in [1.165, 1.54) is 12.1 Å². The van der Waals surface area contributed by atoms with Gasteiger partial charge in [-0.05, 0) is 54.8 Å². The van der Waals surface area contributed by atoms with Gasteiger partial charge in [0.15, 0.2) is 11.6 Å². The molecule has 27 heavy (non-hydrogen) atoms. The highest BCUT2D eigenvalue weighted by atomic mass is 19.2. The van der Waals surface area contributed by atoms with E-state index in [2.05, 4.69) is 10.2 Å². The second-order valence-corrected chi connectivity index (χ2v) is 7.21. The zero-order valence-corrected chi connectivity index (χ0v) is 15.7. The largest absolute Gasteiger partial charge is 0.378 e. The van der Waals surface area contributed by atoms with Gasteiger partial charge in [0.1, 0.15) is 0 Å². The minimum absolute atomic E-state index is 0.0561. The molecule has 0 bridgehead atoms. The monoisotopic (exact) mass is 373 g/mol. The van der Waals surface area contributed by atoms with E-state index in [0.29, 0.717) is 12.1 Å². The first-order valence-electron chi connectivity index (χ1n) is 9.17. The van der Waals surface area contributed by atoms with Crippen molar-refractivity contribution in [2.75, 3.05) is 32.1 Å². The zero-order valence-electron chi connectivity index (χ0n) is 15.7. The Bertz CT molecular complexity index is 785. The Morgan fingerprint density at radius 2 is 1.74 bits per heavy atom. The summed E-state index contributed by atoms with van der Waals surface area (Å²) in [5, 5.41) is 3.10. The van der Waals surface area contributed by atoms with E-state index in [1.54, 1.807) is 6.07 Å².